The summed E-state index contributed by atoms with van der Waals surface area (Å²) in [4.78, 5) is 12.2. The zero-order chi connectivity index (χ0) is 18.1. The lowest BCUT2D eigenvalue weighted by Gasteiger charge is -2.06. The minimum Gasteiger partial charge on any atom is -0.507 e. The van der Waals surface area contributed by atoms with Gasteiger partial charge in [0.15, 0.2) is 5.78 Å². The molecule has 0 bridgehead atoms. The van der Waals surface area contributed by atoms with Gasteiger partial charge in [-0.25, -0.2) is 0 Å². The highest BCUT2D eigenvalue weighted by Crippen LogP contribution is 2.24. The first-order chi connectivity index (χ1) is 12.1. The molecule has 132 valence electrons. The maximum atomic E-state index is 12.2. The van der Waals surface area contributed by atoms with E-state index < -0.39 is 0 Å². The molecule has 0 heterocycles. The van der Waals surface area contributed by atoms with E-state index in [-0.39, 0.29) is 17.1 Å². The first-order valence-electron chi connectivity index (χ1n) is 8.04. The Kier molecular flexibility index (Phi) is 7.04. The first kappa shape index (κ1) is 18.5. The SMILES string of the molecule is CCOCCOc1ccc(/C=C/C(=O)c2ccc(OC)cc2O)cc1. The second-order valence-electron chi connectivity index (χ2n) is 5.20. The standard InChI is InChI=1S/C20H22O5/c1-3-24-12-13-25-16-7-4-15(5-8-16)6-11-19(21)18-10-9-17(23-2)14-20(18)22/h4-11,14,22H,3,12-13H2,1-2H3/b11-6+. The van der Waals surface area contributed by atoms with E-state index >= 15 is 0 Å². The number of ether oxygens (including phenoxy) is 3. The van der Waals surface area contributed by atoms with Crippen LogP contribution in [0.1, 0.15) is 22.8 Å². The van der Waals surface area contributed by atoms with Crippen molar-refractivity contribution in [3.05, 3.63) is 59.7 Å². The van der Waals surface area contributed by atoms with Crippen molar-refractivity contribution in [3.63, 3.8) is 0 Å². The van der Waals surface area contributed by atoms with Crippen LogP contribution in [0.4, 0.5) is 0 Å². The third-order valence-corrected chi connectivity index (χ3v) is 3.48. The molecule has 0 fully saturated rings. The number of hydrogen-bond donors (Lipinski definition) is 1. The van der Waals surface area contributed by atoms with Gasteiger partial charge in [-0.15, -0.1) is 0 Å². The minimum atomic E-state index is -0.280. The van der Waals surface area contributed by atoms with Gasteiger partial charge in [-0.3, -0.25) is 4.79 Å². The van der Waals surface area contributed by atoms with Gasteiger partial charge in [0.2, 0.25) is 0 Å². The van der Waals surface area contributed by atoms with E-state index in [1.165, 1.54) is 25.3 Å². The van der Waals surface area contributed by atoms with Crippen molar-refractivity contribution in [2.45, 2.75) is 6.92 Å². The molecular formula is C20H22O5. The predicted octanol–water partition coefficient (Wildman–Crippen LogP) is 3.71. The Labute approximate surface area is 147 Å². The molecule has 25 heavy (non-hydrogen) atoms. The minimum absolute atomic E-state index is 0.105. The Hall–Kier alpha value is -2.79. The molecule has 0 saturated heterocycles. The van der Waals surface area contributed by atoms with Crippen molar-refractivity contribution >= 4 is 11.9 Å². The fraction of sp³-hybridized carbons (Fsp3) is 0.250. The Balaban J connectivity index is 1.95. The summed E-state index contributed by atoms with van der Waals surface area (Å²) >= 11 is 0. The number of methoxy groups -OCH3 is 1. The van der Waals surface area contributed by atoms with Crippen LogP contribution in [-0.2, 0) is 4.74 Å². The van der Waals surface area contributed by atoms with Crippen LogP contribution >= 0.6 is 0 Å². The molecule has 2 aromatic rings. The second-order valence-corrected chi connectivity index (χ2v) is 5.20. The quantitative estimate of drug-likeness (QED) is 0.427. The molecule has 0 aliphatic heterocycles. The fourth-order valence-electron chi connectivity index (χ4n) is 2.15. The Morgan fingerprint density at radius 3 is 2.44 bits per heavy atom. The van der Waals surface area contributed by atoms with E-state index in [1.807, 2.05) is 31.2 Å². The molecule has 0 aromatic heterocycles. The summed E-state index contributed by atoms with van der Waals surface area (Å²) in [6, 6.07) is 12.0. The summed E-state index contributed by atoms with van der Waals surface area (Å²) in [6.45, 7) is 3.66. The van der Waals surface area contributed by atoms with Crippen LogP contribution in [0.25, 0.3) is 6.08 Å². The smallest absolute Gasteiger partial charge is 0.189 e. The number of aromatic hydroxyl groups is 1. The van der Waals surface area contributed by atoms with E-state index in [9.17, 15) is 9.90 Å². The normalized spacial score (nSPS) is 10.8. The molecule has 0 aliphatic carbocycles. The Morgan fingerprint density at radius 1 is 1.08 bits per heavy atom. The molecule has 0 aliphatic rings. The number of benzene rings is 2. The Bertz CT molecular complexity index is 719. The monoisotopic (exact) mass is 342 g/mol. The molecule has 0 radical (unpaired) electrons. The van der Waals surface area contributed by atoms with Crippen LogP contribution in [-0.4, -0.2) is 37.8 Å². The molecule has 5 nitrogen and oxygen atoms in total. The lowest BCUT2D eigenvalue weighted by molar-refractivity contribution is 0.104. The van der Waals surface area contributed by atoms with E-state index in [4.69, 9.17) is 14.2 Å². The van der Waals surface area contributed by atoms with Crippen molar-refractivity contribution < 1.29 is 24.1 Å². The molecule has 0 spiro atoms. The van der Waals surface area contributed by atoms with Crippen molar-refractivity contribution in [2.24, 2.45) is 0 Å². The van der Waals surface area contributed by atoms with Gasteiger partial charge >= 0.3 is 0 Å². The van der Waals surface area contributed by atoms with E-state index in [0.717, 1.165) is 11.3 Å². The molecule has 0 atom stereocenters. The topological polar surface area (TPSA) is 65.0 Å². The van der Waals surface area contributed by atoms with Gasteiger partial charge in [0, 0.05) is 12.7 Å². The molecule has 5 heteroatoms. The number of hydrogen-bond acceptors (Lipinski definition) is 5. The largest absolute Gasteiger partial charge is 0.507 e. The number of rotatable bonds is 9. The third kappa shape index (κ3) is 5.65. The zero-order valence-corrected chi connectivity index (χ0v) is 14.4. The van der Waals surface area contributed by atoms with Gasteiger partial charge in [-0.1, -0.05) is 18.2 Å². The van der Waals surface area contributed by atoms with Crippen LogP contribution in [0.15, 0.2) is 48.5 Å². The van der Waals surface area contributed by atoms with Crippen LogP contribution in [0, 0.1) is 0 Å². The molecule has 0 amide bonds. The molecule has 0 unspecified atom stereocenters. The number of phenolic OH excluding ortho intramolecular Hbond substituents is 1. The highest BCUT2D eigenvalue weighted by atomic mass is 16.5. The summed E-state index contributed by atoms with van der Waals surface area (Å²) in [5.74, 6) is 0.859. The first-order valence-corrected chi connectivity index (χ1v) is 8.04. The van der Waals surface area contributed by atoms with Crippen molar-refractivity contribution in [1.29, 1.82) is 0 Å². The molecular weight excluding hydrogens is 320 g/mol. The highest BCUT2D eigenvalue weighted by Gasteiger charge is 2.09. The third-order valence-electron chi connectivity index (χ3n) is 3.48. The zero-order valence-electron chi connectivity index (χ0n) is 14.4. The van der Waals surface area contributed by atoms with Crippen LogP contribution in [0.5, 0.6) is 17.2 Å². The van der Waals surface area contributed by atoms with Crippen molar-refractivity contribution in [2.75, 3.05) is 26.9 Å². The average Bonchev–Trinajstić information content (AvgIpc) is 2.64. The highest BCUT2D eigenvalue weighted by molar-refractivity contribution is 6.08. The average molecular weight is 342 g/mol. The van der Waals surface area contributed by atoms with Gasteiger partial charge in [0.25, 0.3) is 0 Å². The maximum absolute atomic E-state index is 12.2. The summed E-state index contributed by atoms with van der Waals surface area (Å²) in [5, 5.41) is 9.89. The van der Waals surface area contributed by atoms with E-state index in [1.54, 1.807) is 12.1 Å². The Morgan fingerprint density at radius 2 is 1.80 bits per heavy atom. The van der Waals surface area contributed by atoms with Crippen LogP contribution < -0.4 is 9.47 Å². The molecule has 0 saturated carbocycles. The maximum Gasteiger partial charge on any atom is 0.189 e. The fourth-order valence-corrected chi connectivity index (χ4v) is 2.15. The second kappa shape index (κ2) is 9.49. The van der Waals surface area contributed by atoms with Crippen molar-refractivity contribution in [1.82, 2.24) is 0 Å². The number of ketones is 1. The van der Waals surface area contributed by atoms with Crippen molar-refractivity contribution in [3.8, 4) is 17.2 Å². The summed E-state index contributed by atoms with van der Waals surface area (Å²) < 4.78 is 15.7. The van der Waals surface area contributed by atoms with Gasteiger partial charge in [-0.05, 0) is 42.8 Å². The summed E-state index contributed by atoms with van der Waals surface area (Å²) in [5.41, 5.74) is 1.09. The molecule has 2 aromatic carbocycles. The van der Waals surface area contributed by atoms with Gasteiger partial charge in [0.05, 0.1) is 19.3 Å². The van der Waals surface area contributed by atoms with Gasteiger partial charge < -0.3 is 19.3 Å². The number of allylic oxidation sites excluding steroid dienone is 1. The summed E-state index contributed by atoms with van der Waals surface area (Å²) in [7, 11) is 1.50. The number of carbonyl (C=O) groups excluding carboxylic acids is 1. The molecule has 1 N–H and O–H groups in total. The number of phenols is 1. The van der Waals surface area contributed by atoms with E-state index in [0.29, 0.717) is 25.6 Å². The summed E-state index contributed by atoms with van der Waals surface area (Å²) in [6.07, 6.45) is 3.11. The van der Waals surface area contributed by atoms with Gasteiger partial charge in [0.1, 0.15) is 23.9 Å². The lowest BCUT2D eigenvalue weighted by Crippen LogP contribution is -2.06. The van der Waals surface area contributed by atoms with Crippen LogP contribution in [0.2, 0.25) is 0 Å². The number of carbonyl (C=O) groups is 1. The predicted molar refractivity (Wildman–Crippen MR) is 96.5 cm³/mol. The van der Waals surface area contributed by atoms with Crippen LogP contribution in [0.3, 0.4) is 0 Å². The molecule has 2 rings (SSSR count). The van der Waals surface area contributed by atoms with E-state index in [2.05, 4.69) is 0 Å². The lowest BCUT2D eigenvalue weighted by atomic mass is 10.1. The van der Waals surface area contributed by atoms with Gasteiger partial charge in [-0.2, -0.15) is 0 Å².